The second-order valence-corrected chi connectivity index (χ2v) is 5.93. The molecule has 0 radical (unpaired) electrons. The predicted molar refractivity (Wildman–Crippen MR) is 77.6 cm³/mol. The Morgan fingerprint density at radius 1 is 1.11 bits per heavy atom. The summed E-state index contributed by atoms with van der Waals surface area (Å²) in [5, 5.41) is 3.74. The largest absolute Gasteiger partial charge is 0.497 e. The Morgan fingerprint density at radius 2 is 1.89 bits per heavy atom. The summed E-state index contributed by atoms with van der Waals surface area (Å²) in [5.41, 5.74) is 2.73. The molecule has 1 aliphatic heterocycles. The van der Waals surface area contributed by atoms with Crippen LogP contribution in [0.3, 0.4) is 0 Å². The maximum atomic E-state index is 5.39. The smallest absolute Gasteiger partial charge is 0.119 e. The molecule has 5 atom stereocenters. The SMILES string of the molecule is COc1ccc2c(c1)C1C(C)C3C=CC=CC3C1N2. The molecule has 2 nitrogen and oxygen atoms in total. The van der Waals surface area contributed by atoms with Crippen molar-refractivity contribution in [1.29, 1.82) is 0 Å². The number of hydrogen-bond donors (Lipinski definition) is 1. The molecule has 19 heavy (non-hydrogen) atoms. The van der Waals surface area contributed by atoms with Gasteiger partial charge < -0.3 is 10.1 Å². The van der Waals surface area contributed by atoms with Crippen molar-refractivity contribution in [2.45, 2.75) is 18.9 Å². The van der Waals surface area contributed by atoms with Crippen LogP contribution in [0.4, 0.5) is 5.69 Å². The highest BCUT2D eigenvalue weighted by Crippen LogP contribution is 2.55. The summed E-state index contributed by atoms with van der Waals surface area (Å²) in [6.45, 7) is 2.39. The molecule has 1 aromatic rings. The van der Waals surface area contributed by atoms with Crippen LogP contribution in [-0.4, -0.2) is 13.2 Å². The normalized spacial score (nSPS) is 37.5. The van der Waals surface area contributed by atoms with E-state index in [0.717, 1.165) is 5.75 Å². The van der Waals surface area contributed by atoms with E-state index in [9.17, 15) is 0 Å². The minimum Gasteiger partial charge on any atom is -0.497 e. The van der Waals surface area contributed by atoms with Gasteiger partial charge in [-0.25, -0.2) is 0 Å². The van der Waals surface area contributed by atoms with E-state index >= 15 is 0 Å². The molecule has 0 saturated heterocycles. The first-order valence-electron chi connectivity index (χ1n) is 7.09. The molecule has 0 spiro atoms. The molecule has 1 aromatic carbocycles. The van der Waals surface area contributed by atoms with Crippen LogP contribution in [-0.2, 0) is 0 Å². The van der Waals surface area contributed by atoms with Gasteiger partial charge in [-0.1, -0.05) is 31.2 Å². The van der Waals surface area contributed by atoms with Gasteiger partial charge in [0.05, 0.1) is 7.11 Å². The molecule has 1 fully saturated rings. The van der Waals surface area contributed by atoms with Gasteiger partial charge in [-0.15, -0.1) is 0 Å². The van der Waals surface area contributed by atoms with Crippen molar-refractivity contribution < 1.29 is 4.74 Å². The van der Waals surface area contributed by atoms with Crippen molar-refractivity contribution in [2.75, 3.05) is 12.4 Å². The zero-order chi connectivity index (χ0) is 13.0. The highest BCUT2D eigenvalue weighted by molar-refractivity contribution is 5.63. The van der Waals surface area contributed by atoms with E-state index in [4.69, 9.17) is 4.74 Å². The molecule has 0 amide bonds. The van der Waals surface area contributed by atoms with E-state index < -0.39 is 0 Å². The van der Waals surface area contributed by atoms with Crippen molar-refractivity contribution in [3.63, 3.8) is 0 Å². The average molecular weight is 253 g/mol. The van der Waals surface area contributed by atoms with Crippen LogP contribution >= 0.6 is 0 Å². The molecular formula is C17H19NO. The van der Waals surface area contributed by atoms with Crippen LogP contribution < -0.4 is 10.1 Å². The van der Waals surface area contributed by atoms with Crippen LogP contribution in [0.1, 0.15) is 18.4 Å². The summed E-state index contributed by atoms with van der Waals surface area (Å²) in [4.78, 5) is 0. The van der Waals surface area contributed by atoms with Gasteiger partial charge in [0.15, 0.2) is 0 Å². The van der Waals surface area contributed by atoms with E-state index in [2.05, 4.69) is 48.7 Å². The molecule has 2 heteroatoms. The Labute approximate surface area is 114 Å². The third-order valence-corrected chi connectivity index (χ3v) is 5.14. The zero-order valence-electron chi connectivity index (χ0n) is 11.3. The van der Waals surface area contributed by atoms with Gasteiger partial charge in [-0.2, -0.15) is 0 Å². The first kappa shape index (κ1) is 11.2. The van der Waals surface area contributed by atoms with Crippen LogP contribution in [0.25, 0.3) is 0 Å². The molecule has 1 heterocycles. The fourth-order valence-corrected chi connectivity index (χ4v) is 4.25. The molecule has 4 rings (SSSR count). The van der Waals surface area contributed by atoms with Gasteiger partial charge in [-0.3, -0.25) is 0 Å². The summed E-state index contributed by atoms with van der Waals surface area (Å²) < 4.78 is 5.39. The Kier molecular flexibility index (Phi) is 2.29. The second kappa shape index (κ2) is 3.89. The van der Waals surface area contributed by atoms with Gasteiger partial charge in [0.25, 0.3) is 0 Å². The van der Waals surface area contributed by atoms with Crippen molar-refractivity contribution in [3.05, 3.63) is 48.1 Å². The van der Waals surface area contributed by atoms with Crippen LogP contribution in [0.15, 0.2) is 42.5 Å². The molecule has 1 saturated carbocycles. The number of nitrogens with one attached hydrogen (secondary N) is 1. The topological polar surface area (TPSA) is 21.3 Å². The molecule has 0 aromatic heterocycles. The predicted octanol–water partition coefficient (Wildman–Crippen LogP) is 3.58. The molecule has 5 unspecified atom stereocenters. The Morgan fingerprint density at radius 3 is 2.68 bits per heavy atom. The molecule has 3 aliphatic rings. The molecule has 0 bridgehead atoms. The minimum absolute atomic E-state index is 0.545. The first-order valence-corrected chi connectivity index (χ1v) is 7.09. The van der Waals surface area contributed by atoms with Crippen molar-refractivity contribution in [1.82, 2.24) is 0 Å². The lowest BCUT2D eigenvalue weighted by atomic mass is 9.84. The Hall–Kier alpha value is -1.70. The molecule has 2 aliphatic carbocycles. The fourth-order valence-electron chi connectivity index (χ4n) is 4.25. The second-order valence-electron chi connectivity index (χ2n) is 5.93. The van der Waals surface area contributed by atoms with Gasteiger partial charge in [-0.05, 0) is 35.6 Å². The number of fused-ring (bicyclic) bond motifs is 5. The summed E-state index contributed by atoms with van der Waals surface area (Å²) in [6.07, 6.45) is 9.16. The lowest BCUT2D eigenvalue weighted by molar-refractivity contribution is 0.411. The fraction of sp³-hybridized carbons (Fsp3) is 0.412. The van der Waals surface area contributed by atoms with E-state index in [1.807, 2.05) is 6.07 Å². The number of benzene rings is 1. The number of ether oxygens (including phenoxy) is 1. The first-order chi connectivity index (χ1) is 9.29. The number of allylic oxidation sites excluding steroid dienone is 3. The highest BCUT2D eigenvalue weighted by atomic mass is 16.5. The standard InChI is InChI=1S/C17H19NO/c1-10-12-5-3-4-6-13(12)17-16(10)14-9-11(19-2)7-8-15(14)18-17/h3-10,12-13,16-18H,1-2H3. The van der Waals surface area contributed by atoms with Crippen LogP contribution in [0, 0.1) is 17.8 Å². The van der Waals surface area contributed by atoms with E-state index in [1.54, 1.807) is 7.11 Å². The lowest BCUT2D eigenvalue weighted by Crippen LogP contribution is -2.25. The maximum absolute atomic E-state index is 5.39. The van der Waals surface area contributed by atoms with Crippen LogP contribution in [0.2, 0.25) is 0 Å². The van der Waals surface area contributed by atoms with Crippen LogP contribution in [0.5, 0.6) is 5.75 Å². The van der Waals surface area contributed by atoms with Gasteiger partial charge in [0.2, 0.25) is 0 Å². The highest BCUT2D eigenvalue weighted by Gasteiger charge is 2.51. The third-order valence-electron chi connectivity index (χ3n) is 5.14. The van der Waals surface area contributed by atoms with Crippen molar-refractivity contribution >= 4 is 5.69 Å². The number of methoxy groups -OCH3 is 1. The van der Waals surface area contributed by atoms with Gasteiger partial charge >= 0.3 is 0 Å². The molecular weight excluding hydrogens is 234 g/mol. The number of anilines is 1. The Bertz CT molecular complexity index is 575. The Balaban J connectivity index is 1.78. The minimum atomic E-state index is 0.545. The maximum Gasteiger partial charge on any atom is 0.119 e. The van der Waals surface area contributed by atoms with Gasteiger partial charge in [0.1, 0.15) is 5.75 Å². The summed E-state index contributed by atoms with van der Waals surface area (Å²) >= 11 is 0. The zero-order valence-corrected chi connectivity index (χ0v) is 11.3. The van der Waals surface area contributed by atoms with E-state index in [0.29, 0.717) is 29.7 Å². The van der Waals surface area contributed by atoms with Crippen molar-refractivity contribution in [2.24, 2.45) is 17.8 Å². The number of rotatable bonds is 1. The number of hydrogen-bond acceptors (Lipinski definition) is 2. The molecule has 1 N–H and O–H groups in total. The summed E-state index contributed by atoms with van der Waals surface area (Å²) in [7, 11) is 1.74. The summed E-state index contributed by atoms with van der Waals surface area (Å²) in [5.74, 6) is 3.55. The molecule has 98 valence electrons. The van der Waals surface area contributed by atoms with Gasteiger partial charge in [0, 0.05) is 23.6 Å². The monoisotopic (exact) mass is 253 g/mol. The average Bonchev–Trinajstić information content (AvgIpc) is 2.96. The van der Waals surface area contributed by atoms with Crippen molar-refractivity contribution in [3.8, 4) is 5.75 Å². The quantitative estimate of drug-likeness (QED) is 0.826. The van der Waals surface area contributed by atoms with E-state index in [-0.39, 0.29) is 0 Å². The lowest BCUT2D eigenvalue weighted by Gasteiger charge is -2.23. The third kappa shape index (κ3) is 1.43. The summed E-state index contributed by atoms with van der Waals surface area (Å²) in [6, 6.07) is 6.97. The van der Waals surface area contributed by atoms with E-state index in [1.165, 1.54) is 11.3 Å².